The van der Waals surface area contributed by atoms with Crippen molar-refractivity contribution in [3.63, 3.8) is 0 Å². The summed E-state index contributed by atoms with van der Waals surface area (Å²) in [4.78, 5) is 4.46. The van der Waals surface area contributed by atoms with Crippen molar-refractivity contribution in [3.05, 3.63) is 53.6 Å². The van der Waals surface area contributed by atoms with Crippen molar-refractivity contribution in [3.8, 4) is 5.69 Å². The van der Waals surface area contributed by atoms with E-state index in [9.17, 15) is 0 Å². The summed E-state index contributed by atoms with van der Waals surface area (Å²) < 4.78 is 2.02. The summed E-state index contributed by atoms with van der Waals surface area (Å²) in [6, 6.07) is 14.7. The van der Waals surface area contributed by atoms with Crippen LogP contribution in [-0.4, -0.2) is 9.55 Å². The summed E-state index contributed by atoms with van der Waals surface area (Å²) in [5, 5.41) is 0. The predicted octanol–water partition coefficient (Wildman–Crippen LogP) is 4.21. The summed E-state index contributed by atoms with van der Waals surface area (Å²) >= 11 is 0. The Labute approximate surface area is 125 Å². The van der Waals surface area contributed by atoms with Crippen molar-refractivity contribution in [2.24, 2.45) is 0 Å². The maximum Gasteiger partial charge on any atom is 0.205 e. The lowest BCUT2D eigenvalue weighted by molar-refractivity contribution is 0.590. The van der Waals surface area contributed by atoms with Gasteiger partial charge in [-0.25, -0.2) is 4.98 Å². The molecule has 3 rings (SSSR count). The number of fused-ring (bicyclic) bond motifs is 1. The molecule has 0 unspecified atom stereocenters. The number of rotatable bonds is 1. The standard InChI is InChI=1S/C18H21N3/c1-12-6-5-7-15-16(12)21(17(19)20-15)14-10-8-13(9-11-14)18(2,3)4/h5-11H,1-4H3,(H2,19,20). The molecule has 0 aliphatic heterocycles. The van der Waals surface area contributed by atoms with Crippen LogP contribution in [0.4, 0.5) is 5.95 Å². The largest absolute Gasteiger partial charge is 0.369 e. The number of nitrogens with zero attached hydrogens (tertiary/aromatic N) is 2. The molecule has 1 heterocycles. The van der Waals surface area contributed by atoms with Crippen molar-refractivity contribution in [2.45, 2.75) is 33.1 Å². The van der Waals surface area contributed by atoms with Gasteiger partial charge in [0.05, 0.1) is 11.0 Å². The molecule has 3 heteroatoms. The van der Waals surface area contributed by atoms with Crippen LogP contribution < -0.4 is 5.73 Å². The number of benzene rings is 2. The molecule has 2 N–H and O–H groups in total. The quantitative estimate of drug-likeness (QED) is 0.725. The molecule has 3 nitrogen and oxygen atoms in total. The Morgan fingerprint density at radius 2 is 1.67 bits per heavy atom. The lowest BCUT2D eigenvalue weighted by Gasteiger charge is -2.19. The minimum Gasteiger partial charge on any atom is -0.369 e. The number of imidazole rings is 1. The summed E-state index contributed by atoms with van der Waals surface area (Å²) in [6.45, 7) is 8.73. The highest BCUT2D eigenvalue weighted by molar-refractivity contribution is 5.83. The van der Waals surface area contributed by atoms with Gasteiger partial charge in [-0.05, 0) is 41.7 Å². The molecule has 0 aliphatic carbocycles. The van der Waals surface area contributed by atoms with Gasteiger partial charge >= 0.3 is 0 Å². The predicted molar refractivity (Wildman–Crippen MR) is 88.9 cm³/mol. The van der Waals surface area contributed by atoms with E-state index < -0.39 is 0 Å². The second-order valence-electron chi connectivity index (χ2n) is 6.54. The third kappa shape index (κ3) is 2.29. The van der Waals surface area contributed by atoms with Crippen LogP contribution in [-0.2, 0) is 5.41 Å². The van der Waals surface area contributed by atoms with Crippen LogP contribution in [0.1, 0.15) is 31.9 Å². The third-order valence-corrected chi connectivity index (χ3v) is 3.90. The van der Waals surface area contributed by atoms with Crippen LogP contribution in [0.15, 0.2) is 42.5 Å². The molecule has 3 aromatic rings. The molecule has 0 saturated carbocycles. The van der Waals surface area contributed by atoms with Crippen LogP contribution in [0.25, 0.3) is 16.7 Å². The minimum absolute atomic E-state index is 0.150. The van der Waals surface area contributed by atoms with E-state index in [-0.39, 0.29) is 5.41 Å². The SMILES string of the molecule is Cc1cccc2nc(N)n(-c3ccc(C(C)(C)C)cc3)c12. The van der Waals surface area contributed by atoms with E-state index in [1.54, 1.807) is 0 Å². The molecule has 1 aromatic heterocycles. The Bertz CT molecular complexity index is 790. The van der Waals surface area contributed by atoms with Crippen LogP contribution >= 0.6 is 0 Å². The molecule has 0 atom stereocenters. The molecular formula is C18H21N3. The van der Waals surface area contributed by atoms with E-state index in [1.165, 1.54) is 11.1 Å². The molecule has 0 amide bonds. The molecule has 21 heavy (non-hydrogen) atoms. The normalized spacial score (nSPS) is 12.0. The summed E-state index contributed by atoms with van der Waals surface area (Å²) in [6.07, 6.45) is 0. The molecule has 0 spiro atoms. The van der Waals surface area contributed by atoms with Crippen molar-refractivity contribution < 1.29 is 0 Å². The van der Waals surface area contributed by atoms with Gasteiger partial charge in [0.2, 0.25) is 5.95 Å². The minimum atomic E-state index is 0.150. The van der Waals surface area contributed by atoms with Gasteiger partial charge < -0.3 is 5.73 Å². The second-order valence-corrected chi connectivity index (χ2v) is 6.54. The maximum absolute atomic E-state index is 6.13. The van der Waals surface area contributed by atoms with E-state index in [0.29, 0.717) is 5.95 Å². The third-order valence-electron chi connectivity index (χ3n) is 3.90. The number of nitrogens with two attached hydrogens (primary N) is 1. The topological polar surface area (TPSA) is 43.8 Å². The Kier molecular flexibility index (Phi) is 3.01. The van der Waals surface area contributed by atoms with Crippen LogP contribution in [0.3, 0.4) is 0 Å². The fourth-order valence-electron chi connectivity index (χ4n) is 2.68. The number of anilines is 1. The van der Waals surface area contributed by atoms with Crippen LogP contribution in [0, 0.1) is 6.92 Å². The number of aromatic nitrogens is 2. The van der Waals surface area contributed by atoms with Gasteiger partial charge in [0, 0.05) is 5.69 Å². The molecule has 0 aliphatic rings. The van der Waals surface area contributed by atoms with Gasteiger partial charge in [-0.2, -0.15) is 0 Å². The summed E-state index contributed by atoms with van der Waals surface area (Å²) in [5.41, 5.74) is 11.8. The van der Waals surface area contributed by atoms with Crippen LogP contribution in [0.5, 0.6) is 0 Å². The molecule has 0 fully saturated rings. The van der Waals surface area contributed by atoms with E-state index in [4.69, 9.17) is 5.73 Å². The summed E-state index contributed by atoms with van der Waals surface area (Å²) in [5.74, 6) is 0.530. The molecule has 0 radical (unpaired) electrons. The fourth-order valence-corrected chi connectivity index (χ4v) is 2.68. The Hall–Kier alpha value is -2.29. The summed E-state index contributed by atoms with van der Waals surface area (Å²) in [7, 11) is 0. The van der Waals surface area contributed by atoms with Crippen LogP contribution in [0.2, 0.25) is 0 Å². The molecule has 108 valence electrons. The van der Waals surface area contributed by atoms with E-state index in [0.717, 1.165) is 16.7 Å². The first-order valence-corrected chi connectivity index (χ1v) is 7.22. The van der Waals surface area contributed by atoms with Gasteiger partial charge in [0.25, 0.3) is 0 Å². The number of para-hydroxylation sites is 1. The molecule has 2 aromatic carbocycles. The Morgan fingerprint density at radius 1 is 1.00 bits per heavy atom. The zero-order valence-electron chi connectivity index (χ0n) is 13.0. The first kappa shape index (κ1) is 13.7. The molecule has 0 saturated heterocycles. The van der Waals surface area contributed by atoms with E-state index >= 15 is 0 Å². The number of nitrogen functional groups attached to an aromatic ring is 1. The monoisotopic (exact) mass is 279 g/mol. The Morgan fingerprint density at radius 3 is 2.29 bits per heavy atom. The van der Waals surface area contributed by atoms with Crippen molar-refractivity contribution in [1.82, 2.24) is 9.55 Å². The molecule has 0 bridgehead atoms. The van der Waals surface area contributed by atoms with Gasteiger partial charge in [0.1, 0.15) is 0 Å². The Balaban J connectivity index is 2.19. The van der Waals surface area contributed by atoms with Crippen molar-refractivity contribution in [2.75, 3.05) is 5.73 Å². The van der Waals surface area contributed by atoms with Gasteiger partial charge in [-0.15, -0.1) is 0 Å². The van der Waals surface area contributed by atoms with Crippen molar-refractivity contribution in [1.29, 1.82) is 0 Å². The van der Waals surface area contributed by atoms with Gasteiger partial charge in [-0.3, -0.25) is 4.57 Å². The lowest BCUT2D eigenvalue weighted by Crippen LogP contribution is -2.11. The first-order chi connectivity index (χ1) is 9.88. The average Bonchev–Trinajstić information content (AvgIpc) is 2.75. The van der Waals surface area contributed by atoms with Gasteiger partial charge in [0.15, 0.2) is 0 Å². The van der Waals surface area contributed by atoms with E-state index in [2.05, 4.69) is 63.0 Å². The lowest BCUT2D eigenvalue weighted by atomic mass is 9.87. The number of aryl methyl sites for hydroxylation is 1. The number of hydrogen-bond acceptors (Lipinski definition) is 2. The van der Waals surface area contributed by atoms with Gasteiger partial charge in [-0.1, -0.05) is 45.0 Å². The zero-order valence-corrected chi connectivity index (χ0v) is 13.0. The van der Waals surface area contributed by atoms with E-state index in [1.807, 2.05) is 16.7 Å². The highest BCUT2D eigenvalue weighted by atomic mass is 15.2. The van der Waals surface area contributed by atoms with Crippen molar-refractivity contribution >= 4 is 17.0 Å². The highest BCUT2D eigenvalue weighted by Crippen LogP contribution is 2.28. The fraction of sp³-hybridized carbons (Fsp3) is 0.278. The first-order valence-electron chi connectivity index (χ1n) is 7.22. The zero-order chi connectivity index (χ0) is 15.2. The molecular weight excluding hydrogens is 258 g/mol. The maximum atomic E-state index is 6.13. The highest BCUT2D eigenvalue weighted by Gasteiger charge is 2.15. The number of hydrogen-bond donors (Lipinski definition) is 1. The second kappa shape index (κ2) is 4.62. The average molecular weight is 279 g/mol. The smallest absolute Gasteiger partial charge is 0.205 e.